The van der Waals surface area contributed by atoms with Gasteiger partial charge >= 0.3 is 0 Å². The number of ether oxygens (including phenoxy) is 1. The monoisotopic (exact) mass is 367 g/mol. The summed E-state index contributed by atoms with van der Waals surface area (Å²) < 4.78 is 8.77. The van der Waals surface area contributed by atoms with Crippen LogP contribution in [0.15, 0.2) is 30.3 Å². The van der Waals surface area contributed by atoms with Crippen LogP contribution in [0.3, 0.4) is 0 Å². The van der Waals surface area contributed by atoms with Gasteiger partial charge in [0.25, 0.3) is 5.91 Å². The van der Waals surface area contributed by atoms with Crippen LogP contribution in [0.2, 0.25) is 0 Å². The molecule has 2 heterocycles. The van der Waals surface area contributed by atoms with Crippen molar-refractivity contribution < 1.29 is 9.53 Å². The van der Waals surface area contributed by atoms with Crippen LogP contribution in [0.25, 0.3) is 11.3 Å². The molecule has 0 radical (unpaired) electrons. The number of aryl methyl sites for hydroxylation is 3. The summed E-state index contributed by atoms with van der Waals surface area (Å²) >= 11 is 0. The Bertz CT molecular complexity index is 954. The summed E-state index contributed by atoms with van der Waals surface area (Å²) in [6.45, 7) is 4.57. The number of hydrogen-bond donors (Lipinski definition) is 1. The van der Waals surface area contributed by atoms with Gasteiger partial charge in [0.2, 0.25) is 0 Å². The predicted molar refractivity (Wildman–Crippen MR) is 104 cm³/mol. The molecule has 1 N–H and O–H groups in total. The van der Waals surface area contributed by atoms with Crippen molar-refractivity contribution in [1.29, 1.82) is 0 Å². The maximum atomic E-state index is 12.5. The van der Waals surface area contributed by atoms with Crippen LogP contribution < -0.4 is 10.1 Å². The van der Waals surface area contributed by atoms with Gasteiger partial charge in [-0.3, -0.25) is 14.2 Å². The van der Waals surface area contributed by atoms with Crippen molar-refractivity contribution in [2.75, 3.05) is 13.7 Å². The van der Waals surface area contributed by atoms with Crippen molar-refractivity contribution in [1.82, 2.24) is 24.9 Å². The van der Waals surface area contributed by atoms with Gasteiger partial charge in [0.15, 0.2) is 5.69 Å². The molecule has 1 aromatic carbocycles. The van der Waals surface area contributed by atoms with Gasteiger partial charge in [-0.25, -0.2) is 0 Å². The highest BCUT2D eigenvalue weighted by atomic mass is 16.5. The fraction of sp³-hybridized carbons (Fsp3) is 0.350. The molecule has 0 saturated carbocycles. The summed E-state index contributed by atoms with van der Waals surface area (Å²) in [4.78, 5) is 12.5. The molecule has 7 heteroatoms. The summed E-state index contributed by atoms with van der Waals surface area (Å²) in [7, 11) is 5.40. The number of rotatable bonds is 6. The van der Waals surface area contributed by atoms with E-state index in [0.29, 0.717) is 12.2 Å². The minimum atomic E-state index is -0.176. The Morgan fingerprint density at radius 3 is 2.41 bits per heavy atom. The van der Waals surface area contributed by atoms with Crippen molar-refractivity contribution in [2.24, 2.45) is 14.1 Å². The molecule has 142 valence electrons. The molecule has 3 aromatic rings. The average Bonchev–Trinajstić information content (AvgIpc) is 3.16. The van der Waals surface area contributed by atoms with E-state index >= 15 is 0 Å². The number of benzene rings is 1. The number of amides is 1. The number of aromatic nitrogens is 4. The molecule has 0 aliphatic heterocycles. The lowest BCUT2D eigenvalue weighted by Crippen LogP contribution is -2.26. The second-order valence-corrected chi connectivity index (χ2v) is 6.55. The third kappa shape index (κ3) is 3.86. The predicted octanol–water partition coefficient (Wildman–Crippen LogP) is 2.42. The minimum absolute atomic E-state index is 0.176. The van der Waals surface area contributed by atoms with Crippen LogP contribution in [0.1, 0.15) is 27.4 Å². The van der Waals surface area contributed by atoms with Crippen LogP contribution >= 0.6 is 0 Å². The molecule has 0 fully saturated rings. The van der Waals surface area contributed by atoms with E-state index in [1.54, 1.807) is 17.9 Å². The molecule has 0 bridgehead atoms. The van der Waals surface area contributed by atoms with Crippen molar-refractivity contribution in [2.45, 2.75) is 20.3 Å². The van der Waals surface area contributed by atoms with Crippen LogP contribution in [-0.4, -0.2) is 39.1 Å². The molecule has 7 nitrogen and oxygen atoms in total. The van der Waals surface area contributed by atoms with Gasteiger partial charge in [-0.15, -0.1) is 0 Å². The Balaban J connectivity index is 1.66. The smallest absolute Gasteiger partial charge is 0.271 e. The quantitative estimate of drug-likeness (QED) is 0.726. The number of carbonyl (C=O) groups is 1. The summed E-state index contributed by atoms with van der Waals surface area (Å²) in [6, 6.07) is 9.48. The Hall–Kier alpha value is -3.09. The second kappa shape index (κ2) is 7.65. The normalized spacial score (nSPS) is 10.9. The first-order valence-electron chi connectivity index (χ1n) is 8.86. The molecule has 3 rings (SSSR count). The first kappa shape index (κ1) is 18.7. The van der Waals surface area contributed by atoms with E-state index < -0.39 is 0 Å². The maximum absolute atomic E-state index is 12.5. The van der Waals surface area contributed by atoms with Crippen molar-refractivity contribution >= 4 is 5.91 Å². The lowest BCUT2D eigenvalue weighted by Gasteiger charge is -2.04. The zero-order valence-corrected chi connectivity index (χ0v) is 16.4. The van der Waals surface area contributed by atoms with E-state index in [1.807, 2.05) is 56.9 Å². The Morgan fingerprint density at radius 2 is 1.81 bits per heavy atom. The first-order valence-corrected chi connectivity index (χ1v) is 8.86. The molecule has 2 aromatic heterocycles. The summed E-state index contributed by atoms with van der Waals surface area (Å²) in [5.74, 6) is 0.615. The number of nitrogens with one attached hydrogen (secondary N) is 1. The topological polar surface area (TPSA) is 74.0 Å². The third-order valence-electron chi connectivity index (χ3n) is 4.82. The molecular weight excluding hydrogens is 342 g/mol. The summed E-state index contributed by atoms with van der Waals surface area (Å²) in [5.41, 5.74) is 5.57. The summed E-state index contributed by atoms with van der Waals surface area (Å²) in [5, 5.41) is 11.7. The van der Waals surface area contributed by atoms with Gasteiger partial charge < -0.3 is 10.1 Å². The van der Waals surface area contributed by atoms with E-state index in [9.17, 15) is 4.79 Å². The lowest BCUT2D eigenvalue weighted by molar-refractivity contribution is 0.0948. The van der Waals surface area contributed by atoms with Gasteiger partial charge in [0, 0.05) is 31.9 Å². The molecule has 0 aliphatic rings. The molecule has 0 aliphatic carbocycles. The Morgan fingerprint density at radius 1 is 1.11 bits per heavy atom. The maximum Gasteiger partial charge on any atom is 0.271 e. The molecule has 1 amide bonds. The van der Waals surface area contributed by atoms with E-state index in [-0.39, 0.29) is 5.91 Å². The van der Waals surface area contributed by atoms with Crippen LogP contribution in [-0.2, 0) is 20.5 Å². The van der Waals surface area contributed by atoms with Crippen LogP contribution in [0, 0.1) is 13.8 Å². The minimum Gasteiger partial charge on any atom is -0.497 e. The third-order valence-corrected chi connectivity index (χ3v) is 4.82. The number of nitrogens with zero attached hydrogens (tertiary/aromatic N) is 4. The largest absolute Gasteiger partial charge is 0.497 e. The van der Waals surface area contributed by atoms with Crippen molar-refractivity contribution in [3.8, 4) is 17.0 Å². The molecule has 0 spiro atoms. The Kier molecular flexibility index (Phi) is 5.30. The average molecular weight is 367 g/mol. The van der Waals surface area contributed by atoms with Crippen LogP contribution in [0.4, 0.5) is 0 Å². The number of hydrogen-bond acceptors (Lipinski definition) is 4. The van der Waals surface area contributed by atoms with E-state index in [4.69, 9.17) is 4.74 Å². The van der Waals surface area contributed by atoms with E-state index in [2.05, 4.69) is 15.5 Å². The fourth-order valence-electron chi connectivity index (χ4n) is 3.18. The van der Waals surface area contributed by atoms with Crippen molar-refractivity contribution in [3.63, 3.8) is 0 Å². The van der Waals surface area contributed by atoms with Crippen molar-refractivity contribution in [3.05, 3.63) is 53.0 Å². The van der Waals surface area contributed by atoms with Gasteiger partial charge in [0.05, 0.1) is 18.5 Å². The Labute approximate surface area is 159 Å². The zero-order valence-electron chi connectivity index (χ0n) is 16.4. The highest BCUT2D eigenvalue weighted by Crippen LogP contribution is 2.22. The van der Waals surface area contributed by atoms with Crippen LogP contribution in [0.5, 0.6) is 5.75 Å². The first-order chi connectivity index (χ1) is 12.9. The van der Waals surface area contributed by atoms with Gasteiger partial charge in [-0.1, -0.05) is 0 Å². The highest BCUT2D eigenvalue weighted by molar-refractivity contribution is 5.93. The van der Waals surface area contributed by atoms with Gasteiger partial charge in [-0.05, 0) is 56.2 Å². The highest BCUT2D eigenvalue weighted by Gasteiger charge is 2.15. The van der Waals surface area contributed by atoms with Gasteiger partial charge in [0.1, 0.15) is 5.75 Å². The molecule has 0 saturated heterocycles. The van der Waals surface area contributed by atoms with Gasteiger partial charge in [-0.2, -0.15) is 10.2 Å². The zero-order chi connectivity index (χ0) is 19.6. The summed E-state index contributed by atoms with van der Waals surface area (Å²) in [6.07, 6.45) is 0.745. The lowest BCUT2D eigenvalue weighted by atomic mass is 10.1. The molecular formula is C20H25N5O2. The van der Waals surface area contributed by atoms with E-state index in [1.165, 1.54) is 5.56 Å². The molecule has 27 heavy (non-hydrogen) atoms. The standard InChI is InChI=1S/C20H25N5O2/c1-13-17(14(2)24(3)22-13)10-11-21-20(26)18-12-19(25(4)23-18)15-6-8-16(27-5)9-7-15/h6-9,12H,10-11H2,1-5H3,(H,21,26). The molecule has 0 unspecified atom stereocenters. The van der Waals surface area contributed by atoms with E-state index in [0.717, 1.165) is 34.8 Å². The molecule has 0 atom stereocenters. The second-order valence-electron chi connectivity index (χ2n) is 6.55. The number of methoxy groups -OCH3 is 1. The number of carbonyl (C=O) groups excluding carboxylic acids is 1. The fourth-order valence-corrected chi connectivity index (χ4v) is 3.18. The SMILES string of the molecule is COc1ccc(-c2cc(C(=O)NCCc3c(C)nn(C)c3C)nn2C)cc1.